The molecule has 4 aromatic rings. The second-order valence-corrected chi connectivity index (χ2v) is 6.62. The summed E-state index contributed by atoms with van der Waals surface area (Å²) in [5, 5.41) is 4.46. The summed E-state index contributed by atoms with van der Waals surface area (Å²) in [6.07, 6.45) is 7.56. The predicted molar refractivity (Wildman–Crippen MR) is 99.0 cm³/mol. The van der Waals surface area contributed by atoms with Crippen molar-refractivity contribution in [3.8, 4) is 11.5 Å². The van der Waals surface area contributed by atoms with E-state index in [1.165, 1.54) is 19.3 Å². The van der Waals surface area contributed by atoms with E-state index < -0.39 is 0 Å². The van der Waals surface area contributed by atoms with Gasteiger partial charge in [-0.1, -0.05) is 24.6 Å². The molecule has 1 aliphatic rings. The number of imidazole rings is 1. The molecule has 3 heterocycles. The zero-order valence-electron chi connectivity index (χ0n) is 14.2. The minimum atomic E-state index is 0.530. The van der Waals surface area contributed by atoms with Gasteiger partial charge in [0.15, 0.2) is 11.6 Å². The number of nitrogens with one attached hydrogen (secondary N) is 1. The summed E-state index contributed by atoms with van der Waals surface area (Å²) in [6, 6.07) is 10.2. The molecule has 0 radical (unpaired) electrons. The van der Waals surface area contributed by atoms with Crippen molar-refractivity contribution < 1.29 is 4.42 Å². The Morgan fingerprint density at radius 2 is 2.16 bits per heavy atom. The first-order valence-electron chi connectivity index (χ1n) is 8.95. The molecular weight excluding hydrogens is 312 g/mol. The van der Waals surface area contributed by atoms with Crippen molar-refractivity contribution in [1.82, 2.24) is 14.4 Å². The molecule has 1 saturated carbocycles. The molecule has 0 aliphatic heterocycles. The highest BCUT2D eigenvalue weighted by molar-refractivity contribution is 5.89. The van der Waals surface area contributed by atoms with Crippen LogP contribution in [0.15, 0.2) is 47.1 Å². The van der Waals surface area contributed by atoms with Crippen LogP contribution in [0.1, 0.15) is 37.9 Å². The molecule has 25 heavy (non-hydrogen) atoms. The summed E-state index contributed by atoms with van der Waals surface area (Å²) in [4.78, 5) is 9.55. The van der Waals surface area contributed by atoms with Crippen molar-refractivity contribution >= 4 is 22.3 Å². The van der Waals surface area contributed by atoms with Gasteiger partial charge >= 0.3 is 0 Å². The van der Waals surface area contributed by atoms with Gasteiger partial charge in [-0.15, -0.1) is 0 Å². The van der Waals surface area contributed by atoms with Gasteiger partial charge in [0.25, 0.3) is 0 Å². The number of nitrogens with zero attached hydrogens (tertiary/aromatic N) is 3. The third-order valence-electron chi connectivity index (χ3n) is 5.06. The lowest BCUT2D eigenvalue weighted by molar-refractivity contribution is 0.400. The molecule has 1 N–H and O–H groups in total. The molecule has 0 bridgehead atoms. The molecule has 5 rings (SSSR count). The van der Waals surface area contributed by atoms with E-state index in [0.29, 0.717) is 5.92 Å². The lowest BCUT2D eigenvalue weighted by atomic mass is 9.85. The standard InChI is InChI=1S/C20H20N4O/c1-2-21-19-18-17(16-12-14-6-3-4-9-15(14)25-16)23-20(13-7-5-8-13)24(18)11-10-22-19/h3-4,6,9-13H,2,5,7-8H2,1H3,(H,21,22). The number of furan rings is 1. The van der Waals surface area contributed by atoms with Crippen LogP contribution in [0, 0.1) is 0 Å². The third-order valence-corrected chi connectivity index (χ3v) is 5.06. The SMILES string of the molecule is CCNc1nccn2c(C3CCC3)nc(-c3cc4ccccc4o3)c12. The molecule has 126 valence electrons. The topological polar surface area (TPSA) is 55.4 Å². The van der Waals surface area contributed by atoms with Crippen molar-refractivity contribution in [2.45, 2.75) is 32.1 Å². The second-order valence-electron chi connectivity index (χ2n) is 6.62. The maximum atomic E-state index is 6.11. The van der Waals surface area contributed by atoms with Crippen LogP contribution in [0.2, 0.25) is 0 Å². The first-order valence-corrected chi connectivity index (χ1v) is 8.95. The van der Waals surface area contributed by atoms with E-state index in [4.69, 9.17) is 9.40 Å². The Labute approximate surface area is 145 Å². The molecule has 0 atom stereocenters. The Kier molecular flexibility index (Phi) is 3.26. The van der Waals surface area contributed by atoms with Crippen molar-refractivity contribution in [2.24, 2.45) is 0 Å². The molecule has 3 aromatic heterocycles. The fraction of sp³-hybridized carbons (Fsp3) is 0.300. The number of rotatable bonds is 4. The maximum absolute atomic E-state index is 6.11. The van der Waals surface area contributed by atoms with Crippen molar-refractivity contribution in [3.63, 3.8) is 0 Å². The number of fused-ring (bicyclic) bond motifs is 2. The molecule has 1 aromatic carbocycles. The van der Waals surface area contributed by atoms with Crippen LogP contribution in [0.25, 0.3) is 27.9 Å². The molecule has 5 heteroatoms. The lowest BCUT2D eigenvalue weighted by Gasteiger charge is -2.23. The van der Waals surface area contributed by atoms with E-state index in [0.717, 1.165) is 46.1 Å². The summed E-state index contributed by atoms with van der Waals surface area (Å²) in [5.41, 5.74) is 2.77. The number of hydrogen-bond donors (Lipinski definition) is 1. The Bertz CT molecular complexity index is 1030. The van der Waals surface area contributed by atoms with Gasteiger partial charge in [-0.2, -0.15) is 0 Å². The smallest absolute Gasteiger partial charge is 0.156 e. The zero-order chi connectivity index (χ0) is 16.8. The lowest BCUT2D eigenvalue weighted by Crippen LogP contribution is -2.12. The number of anilines is 1. The van der Waals surface area contributed by atoms with E-state index in [9.17, 15) is 0 Å². The van der Waals surface area contributed by atoms with E-state index >= 15 is 0 Å². The summed E-state index contributed by atoms with van der Waals surface area (Å²) in [5.74, 6) is 3.32. The molecule has 0 unspecified atom stereocenters. The van der Waals surface area contributed by atoms with Crippen molar-refractivity contribution in [2.75, 3.05) is 11.9 Å². The van der Waals surface area contributed by atoms with Crippen LogP contribution >= 0.6 is 0 Å². The van der Waals surface area contributed by atoms with Gasteiger partial charge in [0.2, 0.25) is 0 Å². The number of aromatic nitrogens is 3. The fourth-order valence-electron chi connectivity index (χ4n) is 3.58. The maximum Gasteiger partial charge on any atom is 0.156 e. The zero-order valence-corrected chi connectivity index (χ0v) is 14.2. The van der Waals surface area contributed by atoms with E-state index in [1.807, 2.05) is 30.6 Å². The fourth-order valence-corrected chi connectivity index (χ4v) is 3.58. The van der Waals surface area contributed by atoms with Crippen LogP contribution in [0.3, 0.4) is 0 Å². The molecule has 0 spiro atoms. The largest absolute Gasteiger partial charge is 0.454 e. The predicted octanol–water partition coefficient (Wildman–Crippen LogP) is 4.84. The van der Waals surface area contributed by atoms with E-state index in [-0.39, 0.29) is 0 Å². The molecule has 1 fully saturated rings. The summed E-state index contributed by atoms with van der Waals surface area (Å²) in [7, 11) is 0. The first kappa shape index (κ1) is 14.5. The Hall–Kier alpha value is -2.82. The van der Waals surface area contributed by atoms with Gasteiger partial charge in [0.05, 0.1) is 0 Å². The van der Waals surface area contributed by atoms with Crippen LogP contribution in [0.4, 0.5) is 5.82 Å². The number of hydrogen-bond acceptors (Lipinski definition) is 4. The third kappa shape index (κ3) is 2.22. The highest BCUT2D eigenvalue weighted by Crippen LogP contribution is 2.40. The number of para-hydroxylation sites is 1. The van der Waals surface area contributed by atoms with E-state index in [1.54, 1.807) is 0 Å². The highest BCUT2D eigenvalue weighted by atomic mass is 16.3. The Morgan fingerprint density at radius 1 is 1.28 bits per heavy atom. The summed E-state index contributed by atoms with van der Waals surface area (Å²) < 4.78 is 8.30. The average Bonchev–Trinajstić information content (AvgIpc) is 3.16. The van der Waals surface area contributed by atoms with Crippen LogP contribution < -0.4 is 5.32 Å². The second kappa shape index (κ2) is 5.62. The van der Waals surface area contributed by atoms with Gasteiger partial charge in [-0.05, 0) is 31.9 Å². The minimum absolute atomic E-state index is 0.530. The average molecular weight is 332 g/mol. The highest BCUT2D eigenvalue weighted by Gasteiger charge is 2.28. The Morgan fingerprint density at radius 3 is 2.92 bits per heavy atom. The molecule has 1 aliphatic carbocycles. The minimum Gasteiger partial charge on any atom is -0.454 e. The normalized spacial score (nSPS) is 14.9. The quantitative estimate of drug-likeness (QED) is 0.581. The van der Waals surface area contributed by atoms with Crippen LogP contribution in [-0.2, 0) is 0 Å². The monoisotopic (exact) mass is 332 g/mol. The summed E-state index contributed by atoms with van der Waals surface area (Å²) >= 11 is 0. The van der Waals surface area contributed by atoms with Gasteiger partial charge < -0.3 is 9.73 Å². The molecule has 0 amide bonds. The van der Waals surface area contributed by atoms with Gasteiger partial charge in [0, 0.05) is 30.2 Å². The molecule has 5 nitrogen and oxygen atoms in total. The van der Waals surface area contributed by atoms with Crippen molar-refractivity contribution in [3.05, 3.63) is 48.5 Å². The van der Waals surface area contributed by atoms with E-state index in [2.05, 4.69) is 33.8 Å². The van der Waals surface area contributed by atoms with Gasteiger partial charge in [-0.3, -0.25) is 4.40 Å². The number of benzene rings is 1. The molecular formula is C20H20N4O. The first-order chi connectivity index (χ1) is 12.3. The summed E-state index contributed by atoms with van der Waals surface area (Å²) in [6.45, 7) is 2.89. The van der Waals surface area contributed by atoms with Crippen LogP contribution in [0.5, 0.6) is 0 Å². The van der Waals surface area contributed by atoms with Gasteiger partial charge in [-0.25, -0.2) is 9.97 Å². The van der Waals surface area contributed by atoms with Gasteiger partial charge in [0.1, 0.15) is 22.6 Å². The Balaban J connectivity index is 1.78. The molecule has 0 saturated heterocycles. The van der Waals surface area contributed by atoms with Crippen molar-refractivity contribution in [1.29, 1.82) is 0 Å². The van der Waals surface area contributed by atoms with Crippen LogP contribution in [-0.4, -0.2) is 20.9 Å².